The van der Waals surface area contributed by atoms with Crippen molar-refractivity contribution < 1.29 is 0 Å². The number of nitrogens with zero attached hydrogens (tertiary/aromatic N) is 4. The number of hydrogen-bond acceptors (Lipinski definition) is 6. The molecule has 2 aromatic heterocycles. The van der Waals surface area contributed by atoms with Crippen LogP contribution in [0.25, 0.3) is 0 Å². The fraction of sp³-hybridized carbons (Fsp3) is 0.471. The Morgan fingerprint density at radius 2 is 2.13 bits per heavy atom. The van der Waals surface area contributed by atoms with Gasteiger partial charge in [-0.2, -0.15) is 4.98 Å². The van der Waals surface area contributed by atoms with Crippen LogP contribution in [0.15, 0.2) is 30.7 Å². The van der Waals surface area contributed by atoms with Crippen molar-refractivity contribution in [2.45, 2.75) is 38.8 Å². The molecule has 1 aliphatic rings. The summed E-state index contributed by atoms with van der Waals surface area (Å²) in [6.45, 7) is 5.24. The summed E-state index contributed by atoms with van der Waals surface area (Å²) in [7, 11) is 0. The molecule has 3 N–H and O–H groups in total. The van der Waals surface area contributed by atoms with Crippen LogP contribution in [0.3, 0.4) is 0 Å². The maximum Gasteiger partial charge on any atom is 0.221 e. The summed E-state index contributed by atoms with van der Waals surface area (Å²) in [5.41, 5.74) is 8.11. The fourth-order valence-corrected chi connectivity index (χ4v) is 2.98. The Morgan fingerprint density at radius 3 is 2.83 bits per heavy atom. The molecule has 3 heterocycles. The number of nitrogen functional groups attached to an aromatic ring is 1. The molecule has 0 unspecified atom stereocenters. The zero-order valence-corrected chi connectivity index (χ0v) is 13.6. The fourth-order valence-electron chi connectivity index (χ4n) is 2.98. The highest BCUT2D eigenvalue weighted by Crippen LogP contribution is 2.20. The Kier molecular flexibility index (Phi) is 5.02. The number of likely N-dealkylation sites (tertiary alicyclic amines) is 1. The number of anilines is 2. The van der Waals surface area contributed by atoms with Crippen molar-refractivity contribution in [1.82, 2.24) is 19.9 Å². The van der Waals surface area contributed by atoms with Gasteiger partial charge >= 0.3 is 0 Å². The van der Waals surface area contributed by atoms with E-state index in [-0.39, 0.29) is 0 Å². The van der Waals surface area contributed by atoms with Gasteiger partial charge < -0.3 is 11.1 Å². The molecular weight excluding hydrogens is 288 g/mol. The van der Waals surface area contributed by atoms with Crippen molar-refractivity contribution in [1.29, 1.82) is 0 Å². The first-order valence-electron chi connectivity index (χ1n) is 8.23. The Bertz CT molecular complexity index is 622. The molecule has 1 fully saturated rings. The van der Waals surface area contributed by atoms with E-state index in [1.807, 2.05) is 24.7 Å². The number of rotatable bonds is 5. The Balaban J connectivity index is 1.54. The van der Waals surface area contributed by atoms with Crippen molar-refractivity contribution in [3.63, 3.8) is 0 Å². The number of aryl methyl sites for hydroxylation is 1. The largest absolute Gasteiger partial charge is 0.368 e. The van der Waals surface area contributed by atoms with Gasteiger partial charge in [0.25, 0.3) is 0 Å². The maximum atomic E-state index is 5.72. The molecule has 2 aromatic rings. The summed E-state index contributed by atoms with van der Waals surface area (Å²) in [5, 5.41) is 3.56. The van der Waals surface area contributed by atoms with Gasteiger partial charge in [-0.25, -0.2) is 4.98 Å². The molecule has 0 atom stereocenters. The number of piperidine rings is 1. The van der Waals surface area contributed by atoms with E-state index in [2.05, 4.69) is 38.2 Å². The average molecular weight is 312 g/mol. The molecule has 0 aromatic carbocycles. The van der Waals surface area contributed by atoms with E-state index in [1.165, 1.54) is 5.56 Å². The predicted octanol–water partition coefficient (Wildman–Crippen LogP) is 2.09. The molecule has 23 heavy (non-hydrogen) atoms. The highest BCUT2D eigenvalue weighted by molar-refractivity contribution is 5.46. The van der Waals surface area contributed by atoms with Crippen LogP contribution in [0, 0.1) is 0 Å². The van der Waals surface area contributed by atoms with Crippen LogP contribution >= 0.6 is 0 Å². The number of pyridine rings is 1. The van der Waals surface area contributed by atoms with Crippen LogP contribution in [0.2, 0.25) is 0 Å². The molecule has 0 radical (unpaired) electrons. The lowest BCUT2D eigenvalue weighted by Crippen LogP contribution is -2.39. The van der Waals surface area contributed by atoms with E-state index in [9.17, 15) is 0 Å². The standard InChI is InChI=1S/C17H24N6/c1-2-14-11-20-17(18)22-16(14)21-15-5-8-23(9-6-15)12-13-4-3-7-19-10-13/h3-4,7,10-11,15H,2,5-6,8-9,12H2,1H3,(H3,18,20,21,22). The molecule has 0 aliphatic carbocycles. The quantitative estimate of drug-likeness (QED) is 0.880. The lowest BCUT2D eigenvalue weighted by molar-refractivity contribution is 0.211. The second kappa shape index (κ2) is 7.37. The van der Waals surface area contributed by atoms with Crippen LogP contribution in [0.5, 0.6) is 0 Å². The van der Waals surface area contributed by atoms with E-state index >= 15 is 0 Å². The summed E-state index contributed by atoms with van der Waals surface area (Å²) in [6, 6.07) is 4.57. The third-order valence-electron chi connectivity index (χ3n) is 4.32. The molecule has 0 bridgehead atoms. The van der Waals surface area contributed by atoms with E-state index in [0.29, 0.717) is 12.0 Å². The first-order valence-corrected chi connectivity index (χ1v) is 8.23. The summed E-state index contributed by atoms with van der Waals surface area (Å²) < 4.78 is 0. The van der Waals surface area contributed by atoms with Gasteiger partial charge in [0.05, 0.1) is 0 Å². The maximum absolute atomic E-state index is 5.72. The second-order valence-corrected chi connectivity index (χ2v) is 6.01. The zero-order valence-electron chi connectivity index (χ0n) is 13.6. The molecule has 1 saturated heterocycles. The number of nitrogens with two attached hydrogens (primary N) is 1. The van der Waals surface area contributed by atoms with Gasteiger partial charge in [0, 0.05) is 49.8 Å². The van der Waals surface area contributed by atoms with E-state index in [0.717, 1.165) is 50.3 Å². The van der Waals surface area contributed by atoms with Gasteiger partial charge in [-0.3, -0.25) is 9.88 Å². The molecular formula is C17H24N6. The summed E-state index contributed by atoms with van der Waals surface area (Å²) in [4.78, 5) is 15.1. The zero-order chi connectivity index (χ0) is 16.1. The monoisotopic (exact) mass is 312 g/mol. The van der Waals surface area contributed by atoms with E-state index in [4.69, 9.17) is 5.73 Å². The van der Waals surface area contributed by atoms with Crippen molar-refractivity contribution in [3.05, 3.63) is 41.9 Å². The van der Waals surface area contributed by atoms with Crippen molar-refractivity contribution in [2.24, 2.45) is 0 Å². The Morgan fingerprint density at radius 1 is 1.30 bits per heavy atom. The summed E-state index contributed by atoms with van der Waals surface area (Å²) >= 11 is 0. The minimum Gasteiger partial charge on any atom is -0.368 e. The minimum atomic E-state index is 0.332. The van der Waals surface area contributed by atoms with Crippen molar-refractivity contribution in [3.8, 4) is 0 Å². The lowest BCUT2D eigenvalue weighted by Gasteiger charge is -2.32. The number of hydrogen-bond donors (Lipinski definition) is 2. The molecule has 0 amide bonds. The van der Waals surface area contributed by atoms with E-state index in [1.54, 1.807) is 0 Å². The van der Waals surface area contributed by atoms with Crippen LogP contribution in [0.4, 0.5) is 11.8 Å². The van der Waals surface area contributed by atoms with Gasteiger partial charge in [-0.05, 0) is 30.9 Å². The van der Waals surface area contributed by atoms with Gasteiger partial charge in [0.2, 0.25) is 5.95 Å². The molecule has 3 rings (SSSR count). The van der Waals surface area contributed by atoms with Crippen LogP contribution in [-0.4, -0.2) is 39.0 Å². The first-order chi connectivity index (χ1) is 11.2. The van der Waals surface area contributed by atoms with E-state index < -0.39 is 0 Å². The summed E-state index contributed by atoms with van der Waals surface area (Å²) in [6.07, 6.45) is 8.70. The highest BCUT2D eigenvalue weighted by atomic mass is 15.2. The Hall–Kier alpha value is -2.21. The molecule has 1 aliphatic heterocycles. The smallest absolute Gasteiger partial charge is 0.221 e. The molecule has 122 valence electrons. The average Bonchev–Trinajstić information content (AvgIpc) is 2.58. The normalized spacial score (nSPS) is 16.4. The Labute approximate surface area is 137 Å². The summed E-state index contributed by atoms with van der Waals surface area (Å²) in [5.74, 6) is 1.23. The van der Waals surface area contributed by atoms with Crippen LogP contribution in [-0.2, 0) is 13.0 Å². The topological polar surface area (TPSA) is 80.0 Å². The molecule has 0 spiro atoms. The highest BCUT2D eigenvalue weighted by Gasteiger charge is 2.20. The minimum absolute atomic E-state index is 0.332. The third kappa shape index (κ3) is 4.16. The van der Waals surface area contributed by atoms with Crippen molar-refractivity contribution >= 4 is 11.8 Å². The lowest BCUT2D eigenvalue weighted by atomic mass is 10.0. The van der Waals surface area contributed by atoms with Crippen LogP contribution < -0.4 is 11.1 Å². The van der Waals surface area contributed by atoms with Crippen LogP contribution in [0.1, 0.15) is 30.9 Å². The van der Waals surface area contributed by atoms with Gasteiger partial charge in [-0.1, -0.05) is 13.0 Å². The van der Waals surface area contributed by atoms with Gasteiger partial charge in [0.1, 0.15) is 5.82 Å². The van der Waals surface area contributed by atoms with Gasteiger partial charge in [-0.15, -0.1) is 0 Å². The number of nitrogens with one attached hydrogen (secondary N) is 1. The van der Waals surface area contributed by atoms with Gasteiger partial charge in [0.15, 0.2) is 0 Å². The SMILES string of the molecule is CCc1cnc(N)nc1NC1CCN(Cc2cccnc2)CC1. The first kappa shape index (κ1) is 15.7. The second-order valence-electron chi connectivity index (χ2n) is 6.01. The molecule has 6 nitrogen and oxygen atoms in total. The number of aromatic nitrogens is 3. The third-order valence-corrected chi connectivity index (χ3v) is 4.32. The molecule has 6 heteroatoms. The molecule has 0 saturated carbocycles. The predicted molar refractivity (Wildman–Crippen MR) is 92.0 cm³/mol. The van der Waals surface area contributed by atoms with Crippen molar-refractivity contribution in [2.75, 3.05) is 24.1 Å².